The molecule has 0 saturated carbocycles. The van der Waals surface area contributed by atoms with Gasteiger partial charge >= 0.3 is 5.97 Å². The van der Waals surface area contributed by atoms with Crippen molar-refractivity contribution < 1.29 is 14.4 Å². The van der Waals surface area contributed by atoms with Crippen LogP contribution in [-0.4, -0.2) is 36.5 Å². The van der Waals surface area contributed by atoms with Crippen LogP contribution in [0.5, 0.6) is 0 Å². The van der Waals surface area contributed by atoms with Crippen LogP contribution in [-0.2, 0) is 17.8 Å². The van der Waals surface area contributed by atoms with Gasteiger partial charge in [0.15, 0.2) is 11.0 Å². The van der Waals surface area contributed by atoms with Gasteiger partial charge in [-0.25, -0.2) is 4.98 Å². The number of carboxylic acids is 1. The molecule has 0 aromatic carbocycles. The Labute approximate surface area is 114 Å². The number of thioether (sulfide) groups is 1. The Morgan fingerprint density at radius 3 is 2.95 bits per heavy atom. The summed E-state index contributed by atoms with van der Waals surface area (Å²) >= 11 is 1.20. The Morgan fingerprint density at radius 2 is 2.32 bits per heavy atom. The van der Waals surface area contributed by atoms with Crippen molar-refractivity contribution in [2.24, 2.45) is 0 Å². The average molecular weight is 282 g/mol. The molecule has 0 amide bonds. The minimum atomic E-state index is -0.856. The molecule has 2 aromatic rings. The lowest BCUT2D eigenvalue weighted by Crippen LogP contribution is -2.07. The highest BCUT2D eigenvalue weighted by molar-refractivity contribution is 7.99. The van der Waals surface area contributed by atoms with E-state index in [9.17, 15) is 4.79 Å². The number of aromatic nitrogens is 4. The van der Waals surface area contributed by atoms with E-state index in [4.69, 9.17) is 9.63 Å². The fraction of sp³-hybridized carbons (Fsp3) is 0.455. The molecule has 1 N–H and O–H groups in total. The molecule has 2 aromatic heterocycles. The third-order valence-corrected chi connectivity index (χ3v) is 3.45. The molecule has 0 fully saturated rings. The standard InChI is InChI=1S/C11H14N4O3S/c1-7-5-12-11(19-6-10(16)17)15(7)4-3-9-13-8(2)18-14-9/h5H,3-4,6H2,1-2H3,(H,16,17). The molecular weight excluding hydrogens is 268 g/mol. The first kappa shape index (κ1) is 13.6. The fourth-order valence-corrected chi connectivity index (χ4v) is 2.38. The highest BCUT2D eigenvalue weighted by atomic mass is 32.2. The fourth-order valence-electron chi connectivity index (χ4n) is 1.61. The first-order chi connectivity index (χ1) is 9.06. The summed E-state index contributed by atoms with van der Waals surface area (Å²) in [6, 6.07) is 0. The van der Waals surface area contributed by atoms with E-state index in [1.165, 1.54) is 11.8 Å². The molecule has 0 bridgehead atoms. The molecular formula is C11H14N4O3S. The van der Waals surface area contributed by atoms with Crippen LogP contribution in [0, 0.1) is 13.8 Å². The first-order valence-electron chi connectivity index (χ1n) is 5.72. The van der Waals surface area contributed by atoms with Gasteiger partial charge < -0.3 is 14.2 Å². The number of carboxylic acid groups (broad SMARTS) is 1. The highest BCUT2D eigenvalue weighted by Gasteiger charge is 2.11. The summed E-state index contributed by atoms with van der Waals surface area (Å²) in [5, 5.41) is 13.2. The van der Waals surface area contributed by atoms with Crippen LogP contribution in [0.25, 0.3) is 0 Å². The predicted octanol–water partition coefficient (Wildman–Crippen LogP) is 1.30. The Bertz CT molecular complexity index is 578. The van der Waals surface area contributed by atoms with Gasteiger partial charge in [0.1, 0.15) is 0 Å². The molecule has 102 valence electrons. The predicted molar refractivity (Wildman–Crippen MR) is 68.1 cm³/mol. The number of imidazole rings is 1. The molecule has 0 atom stereocenters. The van der Waals surface area contributed by atoms with E-state index in [1.54, 1.807) is 13.1 Å². The van der Waals surface area contributed by atoms with Gasteiger partial charge in [0.05, 0.1) is 5.75 Å². The summed E-state index contributed by atoms with van der Waals surface area (Å²) in [7, 11) is 0. The van der Waals surface area contributed by atoms with Gasteiger partial charge in [0, 0.05) is 31.8 Å². The lowest BCUT2D eigenvalue weighted by Gasteiger charge is -2.07. The van der Waals surface area contributed by atoms with Crippen molar-refractivity contribution >= 4 is 17.7 Å². The van der Waals surface area contributed by atoms with E-state index >= 15 is 0 Å². The molecule has 0 unspecified atom stereocenters. The maximum atomic E-state index is 10.6. The summed E-state index contributed by atoms with van der Waals surface area (Å²) in [5.74, 6) is 0.321. The second-order valence-electron chi connectivity index (χ2n) is 4.00. The number of aliphatic carboxylic acids is 1. The van der Waals surface area contributed by atoms with Gasteiger partial charge in [0.25, 0.3) is 0 Å². The van der Waals surface area contributed by atoms with Crippen molar-refractivity contribution in [1.82, 2.24) is 19.7 Å². The molecule has 7 nitrogen and oxygen atoms in total. The topological polar surface area (TPSA) is 94.0 Å². The second kappa shape index (κ2) is 5.87. The number of aryl methyl sites for hydroxylation is 3. The molecule has 0 radical (unpaired) electrons. The molecule has 0 saturated heterocycles. The summed E-state index contributed by atoms with van der Waals surface area (Å²) < 4.78 is 6.86. The number of carbonyl (C=O) groups is 1. The van der Waals surface area contributed by atoms with Crippen molar-refractivity contribution in [2.75, 3.05) is 5.75 Å². The van der Waals surface area contributed by atoms with Crippen molar-refractivity contribution in [2.45, 2.75) is 32.0 Å². The Hall–Kier alpha value is -1.83. The van der Waals surface area contributed by atoms with Crippen LogP contribution >= 0.6 is 11.8 Å². The van der Waals surface area contributed by atoms with Gasteiger partial charge in [0.2, 0.25) is 5.89 Å². The van der Waals surface area contributed by atoms with E-state index in [1.807, 2.05) is 11.5 Å². The first-order valence-corrected chi connectivity index (χ1v) is 6.70. The largest absolute Gasteiger partial charge is 0.481 e. The van der Waals surface area contributed by atoms with Crippen molar-refractivity contribution in [1.29, 1.82) is 0 Å². The van der Waals surface area contributed by atoms with Gasteiger partial charge in [-0.1, -0.05) is 16.9 Å². The number of hydrogen-bond donors (Lipinski definition) is 1. The van der Waals surface area contributed by atoms with Gasteiger partial charge in [-0.3, -0.25) is 4.79 Å². The van der Waals surface area contributed by atoms with E-state index < -0.39 is 5.97 Å². The monoisotopic (exact) mass is 282 g/mol. The maximum absolute atomic E-state index is 10.6. The van der Waals surface area contributed by atoms with Gasteiger partial charge in [-0.05, 0) is 6.92 Å². The molecule has 8 heteroatoms. The summed E-state index contributed by atoms with van der Waals surface area (Å²) in [6.45, 7) is 4.32. The number of nitrogens with zero attached hydrogens (tertiary/aromatic N) is 4. The van der Waals surface area contributed by atoms with Crippen molar-refractivity contribution in [3.63, 3.8) is 0 Å². The molecule has 19 heavy (non-hydrogen) atoms. The van der Waals surface area contributed by atoms with Crippen LogP contribution in [0.4, 0.5) is 0 Å². The highest BCUT2D eigenvalue weighted by Crippen LogP contribution is 2.18. The van der Waals surface area contributed by atoms with Gasteiger partial charge in [-0.15, -0.1) is 0 Å². The summed E-state index contributed by atoms with van der Waals surface area (Å²) in [5.41, 5.74) is 0.980. The lowest BCUT2D eigenvalue weighted by atomic mass is 10.4. The van der Waals surface area contributed by atoms with E-state index in [2.05, 4.69) is 15.1 Å². The molecule has 0 aliphatic rings. The third kappa shape index (κ3) is 3.57. The Balaban J connectivity index is 2.02. The van der Waals surface area contributed by atoms with Gasteiger partial charge in [-0.2, -0.15) is 4.98 Å². The zero-order chi connectivity index (χ0) is 13.8. The van der Waals surface area contributed by atoms with Crippen LogP contribution in [0.15, 0.2) is 15.9 Å². The Kier molecular flexibility index (Phi) is 4.20. The Morgan fingerprint density at radius 1 is 1.53 bits per heavy atom. The molecule has 0 aliphatic carbocycles. The molecule has 0 spiro atoms. The normalized spacial score (nSPS) is 10.8. The summed E-state index contributed by atoms with van der Waals surface area (Å²) in [4.78, 5) is 18.9. The zero-order valence-electron chi connectivity index (χ0n) is 10.7. The minimum absolute atomic E-state index is 0.00221. The lowest BCUT2D eigenvalue weighted by molar-refractivity contribution is -0.133. The zero-order valence-corrected chi connectivity index (χ0v) is 11.5. The minimum Gasteiger partial charge on any atom is -0.481 e. The van der Waals surface area contributed by atoms with Crippen molar-refractivity contribution in [3.05, 3.63) is 23.6 Å². The van der Waals surface area contributed by atoms with Crippen LogP contribution in [0.3, 0.4) is 0 Å². The molecule has 0 aliphatic heterocycles. The van der Waals surface area contributed by atoms with Crippen molar-refractivity contribution in [3.8, 4) is 0 Å². The summed E-state index contributed by atoms with van der Waals surface area (Å²) in [6.07, 6.45) is 2.35. The second-order valence-corrected chi connectivity index (χ2v) is 4.94. The molecule has 2 heterocycles. The SMILES string of the molecule is Cc1nc(CCn2c(C)cnc2SCC(=O)O)no1. The number of hydrogen-bond acceptors (Lipinski definition) is 6. The quantitative estimate of drug-likeness (QED) is 0.798. The van der Waals surface area contributed by atoms with E-state index in [-0.39, 0.29) is 5.75 Å². The third-order valence-electron chi connectivity index (χ3n) is 2.47. The average Bonchev–Trinajstić information content (AvgIpc) is 2.91. The van der Waals surface area contributed by atoms with E-state index in [0.29, 0.717) is 29.8 Å². The molecule has 2 rings (SSSR count). The number of rotatable bonds is 6. The van der Waals surface area contributed by atoms with E-state index in [0.717, 1.165) is 5.69 Å². The maximum Gasteiger partial charge on any atom is 0.313 e. The smallest absolute Gasteiger partial charge is 0.313 e. The van der Waals surface area contributed by atoms with Crippen LogP contribution in [0.1, 0.15) is 17.4 Å². The van der Waals surface area contributed by atoms with Crippen LogP contribution in [0.2, 0.25) is 0 Å². The van der Waals surface area contributed by atoms with Crippen LogP contribution < -0.4 is 0 Å².